The monoisotopic (exact) mass is 372 g/mol. The van der Waals surface area contributed by atoms with E-state index in [0.717, 1.165) is 16.9 Å². The van der Waals surface area contributed by atoms with Crippen molar-refractivity contribution in [2.75, 3.05) is 0 Å². The molecular weight excluding hydrogens is 356 g/mol. The molecule has 0 spiro atoms. The van der Waals surface area contributed by atoms with E-state index in [0.29, 0.717) is 0 Å². The third kappa shape index (κ3) is 2.77. The highest BCUT2D eigenvalue weighted by molar-refractivity contribution is 7.26. The second kappa shape index (κ2) is 6.56. The Balaban J connectivity index is 1.77. The van der Waals surface area contributed by atoms with Gasteiger partial charge in [0.1, 0.15) is 4.83 Å². The molecular formula is C22H16N2S2. The summed E-state index contributed by atoms with van der Waals surface area (Å²) in [5.41, 5.74) is 3.56. The van der Waals surface area contributed by atoms with Gasteiger partial charge in [0, 0.05) is 11.3 Å². The highest BCUT2D eigenvalue weighted by Gasteiger charge is 2.13. The second-order valence-electron chi connectivity index (χ2n) is 6.13. The minimum Gasteiger partial charge on any atom is -0.275 e. The maximum atomic E-state index is 4.94. The van der Waals surface area contributed by atoms with Crippen molar-refractivity contribution in [1.82, 2.24) is 4.40 Å². The van der Waals surface area contributed by atoms with Crippen LogP contribution in [0.1, 0.15) is 10.4 Å². The van der Waals surface area contributed by atoms with E-state index in [1.165, 1.54) is 25.5 Å². The Kier molecular flexibility index (Phi) is 3.92. The van der Waals surface area contributed by atoms with Crippen molar-refractivity contribution in [3.05, 3.63) is 100 Å². The van der Waals surface area contributed by atoms with Crippen molar-refractivity contribution in [2.24, 2.45) is 4.99 Å². The van der Waals surface area contributed by atoms with Crippen LogP contribution in [0.15, 0.2) is 89.9 Å². The molecule has 4 heteroatoms. The third-order valence-electron chi connectivity index (χ3n) is 4.35. The summed E-state index contributed by atoms with van der Waals surface area (Å²) in [6.45, 7) is 0. The van der Waals surface area contributed by atoms with Gasteiger partial charge in [-0.25, -0.2) is 4.99 Å². The maximum absolute atomic E-state index is 4.94. The van der Waals surface area contributed by atoms with Gasteiger partial charge in [0.25, 0.3) is 0 Å². The molecule has 0 atom stereocenters. The number of hydrogen-bond acceptors (Lipinski definition) is 3. The van der Waals surface area contributed by atoms with Gasteiger partial charge in [0.15, 0.2) is 4.80 Å². The summed E-state index contributed by atoms with van der Waals surface area (Å²) in [5.74, 6) is 0. The highest BCUT2D eigenvalue weighted by Crippen LogP contribution is 2.31. The lowest BCUT2D eigenvalue weighted by Crippen LogP contribution is -2.03. The first kappa shape index (κ1) is 15.6. The Hall–Kier alpha value is -2.69. The molecule has 0 fully saturated rings. The summed E-state index contributed by atoms with van der Waals surface area (Å²) < 4.78 is 3.62. The lowest BCUT2D eigenvalue weighted by atomic mass is 10.1. The standard InChI is InChI=1S/C22H16N2S2/c1-3-9-16(10-4-1)15-20-21-24(18-13-7-8-14-19(18)25-21)22(26-20)23-17-11-5-2-6-12-17/h1-14H,15H2. The van der Waals surface area contributed by atoms with E-state index < -0.39 is 0 Å². The van der Waals surface area contributed by atoms with Crippen LogP contribution in [0.2, 0.25) is 0 Å². The van der Waals surface area contributed by atoms with Crippen molar-refractivity contribution in [2.45, 2.75) is 6.42 Å². The fourth-order valence-electron chi connectivity index (χ4n) is 3.14. The number of thiazole rings is 2. The van der Waals surface area contributed by atoms with Gasteiger partial charge in [-0.3, -0.25) is 4.40 Å². The van der Waals surface area contributed by atoms with Crippen LogP contribution in [0.3, 0.4) is 0 Å². The van der Waals surface area contributed by atoms with Crippen LogP contribution in [0.5, 0.6) is 0 Å². The molecule has 0 aliphatic carbocycles. The van der Waals surface area contributed by atoms with Gasteiger partial charge in [-0.1, -0.05) is 72.0 Å². The fourth-order valence-corrected chi connectivity index (χ4v) is 5.60. The van der Waals surface area contributed by atoms with Crippen molar-refractivity contribution in [3.63, 3.8) is 0 Å². The molecule has 0 saturated carbocycles. The average molecular weight is 373 g/mol. The number of fused-ring (bicyclic) bond motifs is 3. The van der Waals surface area contributed by atoms with E-state index in [1.54, 1.807) is 11.3 Å². The van der Waals surface area contributed by atoms with Crippen molar-refractivity contribution in [3.8, 4) is 0 Å². The molecule has 2 aromatic heterocycles. The van der Waals surface area contributed by atoms with Crippen molar-refractivity contribution >= 4 is 43.4 Å². The lowest BCUT2D eigenvalue weighted by Gasteiger charge is -1.97. The number of para-hydroxylation sites is 2. The minimum atomic E-state index is 0.937. The molecule has 0 saturated heterocycles. The number of aromatic nitrogens is 1. The fraction of sp³-hybridized carbons (Fsp3) is 0.0455. The molecule has 0 radical (unpaired) electrons. The molecule has 5 rings (SSSR count). The average Bonchev–Trinajstić information content (AvgIpc) is 3.22. The number of nitrogens with zero attached hydrogens (tertiary/aromatic N) is 2. The van der Waals surface area contributed by atoms with E-state index in [1.807, 2.05) is 29.5 Å². The summed E-state index contributed by atoms with van der Waals surface area (Å²) in [5, 5.41) is 0. The van der Waals surface area contributed by atoms with E-state index >= 15 is 0 Å². The first-order chi connectivity index (χ1) is 12.9. The topological polar surface area (TPSA) is 16.8 Å². The van der Waals surface area contributed by atoms with Crippen LogP contribution >= 0.6 is 22.7 Å². The molecule has 2 nitrogen and oxygen atoms in total. The van der Waals surface area contributed by atoms with Gasteiger partial charge in [0.2, 0.25) is 0 Å². The van der Waals surface area contributed by atoms with E-state index in [4.69, 9.17) is 4.99 Å². The second-order valence-corrected chi connectivity index (χ2v) is 8.22. The first-order valence-corrected chi connectivity index (χ1v) is 10.2. The number of benzene rings is 3. The van der Waals surface area contributed by atoms with Gasteiger partial charge in [-0.15, -0.1) is 11.3 Å². The Morgan fingerprint density at radius 2 is 1.42 bits per heavy atom. The van der Waals surface area contributed by atoms with E-state index in [9.17, 15) is 0 Å². The zero-order valence-corrected chi connectivity index (χ0v) is 15.6. The molecule has 0 aliphatic rings. The summed E-state index contributed by atoms with van der Waals surface area (Å²) in [7, 11) is 0. The molecule has 2 heterocycles. The van der Waals surface area contributed by atoms with Crippen LogP contribution in [-0.4, -0.2) is 4.40 Å². The minimum absolute atomic E-state index is 0.937. The molecule has 0 N–H and O–H groups in total. The predicted molar refractivity (Wildman–Crippen MR) is 112 cm³/mol. The Morgan fingerprint density at radius 3 is 2.23 bits per heavy atom. The largest absolute Gasteiger partial charge is 0.275 e. The number of rotatable bonds is 3. The zero-order chi connectivity index (χ0) is 17.3. The summed E-state index contributed by atoms with van der Waals surface area (Å²) in [6.07, 6.45) is 0.937. The van der Waals surface area contributed by atoms with Crippen LogP contribution in [0.25, 0.3) is 15.0 Å². The van der Waals surface area contributed by atoms with Gasteiger partial charge in [0.05, 0.1) is 15.9 Å². The Labute approximate surface area is 159 Å². The lowest BCUT2D eigenvalue weighted by molar-refractivity contribution is 1.16. The molecule has 0 aliphatic heterocycles. The predicted octanol–water partition coefficient (Wildman–Crippen LogP) is 6.04. The molecule has 0 amide bonds. The molecule has 0 bridgehead atoms. The maximum Gasteiger partial charge on any atom is 0.196 e. The van der Waals surface area contributed by atoms with E-state index in [-0.39, 0.29) is 0 Å². The first-order valence-electron chi connectivity index (χ1n) is 8.54. The summed E-state index contributed by atoms with van der Waals surface area (Å²) >= 11 is 3.64. The molecule has 3 aromatic carbocycles. The van der Waals surface area contributed by atoms with Crippen LogP contribution in [0, 0.1) is 0 Å². The smallest absolute Gasteiger partial charge is 0.196 e. The normalized spacial score (nSPS) is 12.2. The zero-order valence-electron chi connectivity index (χ0n) is 14.0. The van der Waals surface area contributed by atoms with Gasteiger partial charge >= 0.3 is 0 Å². The third-order valence-corrected chi connectivity index (χ3v) is 6.71. The van der Waals surface area contributed by atoms with Crippen molar-refractivity contribution in [1.29, 1.82) is 0 Å². The summed E-state index contributed by atoms with van der Waals surface area (Å²) in [4.78, 5) is 8.65. The van der Waals surface area contributed by atoms with E-state index in [2.05, 4.69) is 71.1 Å². The van der Waals surface area contributed by atoms with Gasteiger partial charge in [-0.2, -0.15) is 0 Å². The summed E-state index contributed by atoms with van der Waals surface area (Å²) in [6, 6.07) is 29.4. The quantitative estimate of drug-likeness (QED) is 0.367. The van der Waals surface area contributed by atoms with Gasteiger partial charge < -0.3 is 0 Å². The van der Waals surface area contributed by atoms with Crippen LogP contribution in [0.4, 0.5) is 5.69 Å². The van der Waals surface area contributed by atoms with Gasteiger partial charge in [-0.05, 0) is 29.8 Å². The molecule has 126 valence electrons. The van der Waals surface area contributed by atoms with Crippen LogP contribution in [-0.2, 0) is 6.42 Å². The van der Waals surface area contributed by atoms with Crippen molar-refractivity contribution < 1.29 is 0 Å². The van der Waals surface area contributed by atoms with Crippen LogP contribution < -0.4 is 4.80 Å². The molecule has 0 unspecified atom stereocenters. The SMILES string of the molecule is c1ccc(Cc2sc(=Nc3ccccc3)n3c2sc2ccccc23)cc1. The molecule has 5 aromatic rings. The Morgan fingerprint density at radius 1 is 0.731 bits per heavy atom. The number of hydrogen-bond donors (Lipinski definition) is 0. The molecule has 26 heavy (non-hydrogen) atoms. The Bertz CT molecular complexity index is 1250. The highest BCUT2D eigenvalue weighted by atomic mass is 32.1.